The van der Waals surface area contributed by atoms with Crippen LogP contribution < -0.4 is 10.1 Å². The number of aliphatic imine (C=N–C) groups is 1. The number of amidine groups is 1. The number of nitrogens with zero attached hydrogens (tertiary/aromatic N) is 4. The van der Waals surface area contributed by atoms with Crippen molar-refractivity contribution in [1.82, 2.24) is 20.4 Å². The largest absolute Gasteiger partial charge is 0.476 e. The minimum Gasteiger partial charge on any atom is -0.476 e. The van der Waals surface area contributed by atoms with Crippen LogP contribution in [0.1, 0.15) is 25.3 Å². The summed E-state index contributed by atoms with van der Waals surface area (Å²) >= 11 is 0. The van der Waals surface area contributed by atoms with Gasteiger partial charge in [0.25, 0.3) is 6.02 Å². The molecule has 2 atom stereocenters. The van der Waals surface area contributed by atoms with Crippen LogP contribution in [0.4, 0.5) is 22.4 Å². The van der Waals surface area contributed by atoms with E-state index >= 15 is 0 Å². The molecule has 1 aromatic carbocycles. The first-order valence-corrected chi connectivity index (χ1v) is 11.5. The van der Waals surface area contributed by atoms with E-state index in [-0.39, 0.29) is 16.9 Å². The van der Waals surface area contributed by atoms with E-state index in [0.29, 0.717) is 36.9 Å². The Morgan fingerprint density at radius 1 is 1.21 bits per heavy atom. The molecule has 3 aromatic rings. The van der Waals surface area contributed by atoms with Crippen LogP contribution in [0.2, 0.25) is 0 Å². The Kier molecular flexibility index (Phi) is 7.99. The topological polar surface area (TPSA) is 141 Å². The second kappa shape index (κ2) is 11.2. The number of aromatic nitrogens is 3. The Morgan fingerprint density at radius 3 is 2.67 bits per heavy atom. The third kappa shape index (κ3) is 6.60. The van der Waals surface area contributed by atoms with Gasteiger partial charge in [-0.05, 0) is 25.1 Å². The molecule has 0 radical (unpaired) electrons. The number of nitrogens with one attached hydrogen (secondary N) is 1. The average Bonchev–Trinajstić information content (AvgIpc) is 3.36. The van der Waals surface area contributed by atoms with Crippen molar-refractivity contribution in [2.45, 2.75) is 37.6 Å². The van der Waals surface area contributed by atoms with Gasteiger partial charge >= 0.3 is 12.3 Å². The zero-order valence-electron chi connectivity index (χ0n) is 20.7. The maximum atomic E-state index is 15.0. The number of hydrogen-bond acceptors (Lipinski definition) is 9. The van der Waals surface area contributed by atoms with Crippen LogP contribution in [0.3, 0.4) is 0 Å². The van der Waals surface area contributed by atoms with Gasteiger partial charge in [0, 0.05) is 43.8 Å². The van der Waals surface area contributed by atoms with Crippen molar-refractivity contribution in [3.63, 3.8) is 0 Å². The van der Waals surface area contributed by atoms with E-state index in [1.807, 2.05) is 0 Å². The van der Waals surface area contributed by atoms with Crippen molar-refractivity contribution in [3.05, 3.63) is 48.0 Å². The Hall–Kier alpha value is -4.27. The summed E-state index contributed by atoms with van der Waals surface area (Å²) in [7, 11) is 1.59. The van der Waals surface area contributed by atoms with E-state index in [9.17, 15) is 22.4 Å². The van der Waals surface area contributed by atoms with Crippen LogP contribution >= 0.6 is 0 Å². The predicted octanol–water partition coefficient (Wildman–Crippen LogP) is 4.54. The van der Waals surface area contributed by atoms with Crippen LogP contribution in [0.5, 0.6) is 5.88 Å². The van der Waals surface area contributed by atoms with Gasteiger partial charge in [0.05, 0.1) is 24.5 Å². The zero-order valence-corrected chi connectivity index (χ0v) is 20.7. The number of methoxy groups -OCH3 is 1. The van der Waals surface area contributed by atoms with Gasteiger partial charge in [0.15, 0.2) is 11.9 Å². The Bertz CT molecular complexity index is 1350. The van der Waals surface area contributed by atoms with Gasteiger partial charge in [-0.2, -0.15) is 13.2 Å². The van der Waals surface area contributed by atoms with E-state index in [4.69, 9.17) is 19.1 Å². The molecule has 0 saturated carbocycles. The fourth-order valence-corrected chi connectivity index (χ4v) is 3.86. The average molecular weight is 553 g/mol. The maximum Gasteiger partial charge on any atom is 0.425 e. The fraction of sp³-hybridized carbons (Fsp3) is 0.375. The van der Waals surface area contributed by atoms with Crippen LogP contribution in [-0.2, 0) is 15.0 Å². The van der Waals surface area contributed by atoms with Crippen molar-refractivity contribution >= 4 is 12.1 Å². The Morgan fingerprint density at radius 2 is 2.00 bits per heavy atom. The molecule has 0 spiro atoms. The van der Waals surface area contributed by atoms with E-state index in [0.717, 1.165) is 6.07 Å². The van der Waals surface area contributed by atoms with Gasteiger partial charge < -0.3 is 23.8 Å². The molecule has 0 unspecified atom stereocenters. The molecule has 1 amide bonds. The molecule has 15 heteroatoms. The molecule has 0 saturated heterocycles. The summed E-state index contributed by atoms with van der Waals surface area (Å²) in [6.07, 6.45) is -6.24. The van der Waals surface area contributed by atoms with Crippen LogP contribution in [0.25, 0.3) is 22.7 Å². The molecule has 1 aliphatic heterocycles. The molecule has 4 rings (SSSR count). The lowest BCUT2D eigenvalue weighted by Crippen LogP contribution is -2.48. The van der Waals surface area contributed by atoms with E-state index in [2.05, 4.69) is 24.9 Å². The summed E-state index contributed by atoms with van der Waals surface area (Å²) in [6, 6.07) is 4.28. The van der Waals surface area contributed by atoms with Gasteiger partial charge in [-0.1, -0.05) is 5.16 Å². The molecule has 0 aliphatic carbocycles. The van der Waals surface area contributed by atoms with Gasteiger partial charge in [-0.15, -0.1) is 0 Å². The lowest BCUT2D eigenvalue weighted by Gasteiger charge is -2.36. The molecular formula is C24H23F4N5O6. The maximum absolute atomic E-state index is 15.0. The number of carboxylic acid groups (broad SMARTS) is 1. The molecule has 3 heterocycles. The molecule has 2 N–H and O–H groups in total. The first-order chi connectivity index (χ1) is 18.5. The number of rotatable bonds is 8. The van der Waals surface area contributed by atoms with E-state index in [1.54, 1.807) is 12.4 Å². The first kappa shape index (κ1) is 27.8. The fourth-order valence-electron chi connectivity index (χ4n) is 3.86. The number of halogens is 4. The molecule has 2 aromatic heterocycles. The highest BCUT2D eigenvalue weighted by molar-refractivity contribution is 5.90. The Balaban J connectivity index is 1.60. The van der Waals surface area contributed by atoms with Crippen LogP contribution in [0, 0.1) is 5.82 Å². The second-order valence-electron chi connectivity index (χ2n) is 8.68. The smallest absolute Gasteiger partial charge is 0.425 e. The summed E-state index contributed by atoms with van der Waals surface area (Å²) in [5, 5.41) is 14.6. The van der Waals surface area contributed by atoms with Crippen molar-refractivity contribution in [2.24, 2.45) is 4.99 Å². The van der Waals surface area contributed by atoms with Gasteiger partial charge in [-0.3, -0.25) is 0 Å². The molecular weight excluding hydrogens is 530 g/mol. The normalized spacial score (nSPS) is 19.2. The molecule has 1 aliphatic rings. The second-order valence-corrected chi connectivity index (χ2v) is 8.68. The molecule has 11 nitrogen and oxygen atoms in total. The molecule has 0 bridgehead atoms. The van der Waals surface area contributed by atoms with Crippen LogP contribution in [0.15, 0.2) is 46.2 Å². The quantitative estimate of drug-likeness (QED) is 0.304. The standard InChI is InChI=1S/C24H23F4N5O6/c1-23(10-19(24(26,27)28)38-21(32-23)31-22(34)35)14-8-13(4-5-15(14)25)18-9-16(33-39-18)17-11-30-20(12-29-17)37-7-3-6-36-2/h4-5,8-9,11-12,19H,3,6-7,10H2,1-2H3,(H,31,32)(H,34,35)/t19-,23-/m0/s1. The Labute approximate surface area is 218 Å². The number of amides is 1. The summed E-state index contributed by atoms with van der Waals surface area (Å²) in [4.78, 5) is 23.4. The highest BCUT2D eigenvalue weighted by Crippen LogP contribution is 2.42. The summed E-state index contributed by atoms with van der Waals surface area (Å²) in [5.74, 6) is -0.376. The van der Waals surface area contributed by atoms with Crippen molar-refractivity contribution in [2.75, 3.05) is 20.3 Å². The lowest BCUT2D eigenvalue weighted by atomic mass is 9.84. The number of ether oxygens (including phenoxy) is 3. The minimum absolute atomic E-state index is 0.170. The first-order valence-electron chi connectivity index (χ1n) is 11.5. The highest BCUT2D eigenvalue weighted by Gasteiger charge is 2.50. The molecule has 39 heavy (non-hydrogen) atoms. The van der Waals surface area contributed by atoms with Crippen molar-refractivity contribution < 1.29 is 46.2 Å². The number of alkyl halides is 3. The third-order valence-electron chi connectivity index (χ3n) is 5.74. The SMILES string of the molecule is COCCCOc1cnc(-c2cc(-c3ccc(F)c([C@]4(C)C[C@@H](C(F)(F)F)OC(NC(=O)O)=N4)c3)on2)cn1. The number of hydrogen-bond donors (Lipinski definition) is 2. The number of benzene rings is 1. The molecule has 208 valence electrons. The zero-order chi connectivity index (χ0) is 28.2. The van der Waals surface area contributed by atoms with E-state index < -0.39 is 42.2 Å². The van der Waals surface area contributed by atoms with Gasteiger partial charge in [-0.25, -0.2) is 29.5 Å². The van der Waals surface area contributed by atoms with Crippen molar-refractivity contribution in [3.8, 4) is 28.6 Å². The number of carbonyl (C=O) groups is 1. The van der Waals surface area contributed by atoms with E-state index in [1.165, 1.54) is 37.5 Å². The van der Waals surface area contributed by atoms with Gasteiger partial charge in [0.1, 0.15) is 17.2 Å². The van der Waals surface area contributed by atoms with Crippen molar-refractivity contribution in [1.29, 1.82) is 0 Å². The minimum atomic E-state index is -4.86. The van der Waals surface area contributed by atoms with Crippen LogP contribution in [-0.4, -0.2) is 64.9 Å². The predicted molar refractivity (Wildman–Crippen MR) is 126 cm³/mol. The summed E-state index contributed by atoms with van der Waals surface area (Å²) in [6.45, 7) is 2.19. The summed E-state index contributed by atoms with van der Waals surface area (Å²) < 4.78 is 76.0. The monoisotopic (exact) mass is 553 g/mol. The molecule has 0 fully saturated rings. The third-order valence-corrected chi connectivity index (χ3v) is 5.74. The highest BCUT2D eigenvalue weighted by atomic mass is 19.4. The lowest BCUT2D eigenvalue weighted by molar-refractivity contribution is -0.208. The summed E-state index contributed by atoms with van der Waals surface area (Å²) in [5.41, 5.74) is -1.11. The van der Waals surface area contributed by atoms with Gasteiger partial charge in [0.2, 0.25) is 5.88 Å².